The molecule has 0 radical (unpaired) electrons. The molecule has 1 saturated carbocycles. The smallest absolute Gasteiger partial charge is 0.237 e. The molecule has 2 rings (SSSR count). The van der Waals surface area contributed by atoms with Crippen molar-refractivity contribution < 1.29 is 9.72 Å². The van der Waals surface area contributed by atoms with Crippen molar-refractivity contribution in [3.8, 4) is 0 Å². The van der Waals surface area contributed by atoms with Gasteiger partial charge in [-0.15, -0.1) is 0 Å². The molecule has 0 spiro atoms. The number of amides is 1. The zero-order valence-corrected chi connectivity index (χ0v) is 13.4. The van der Waals surface area contributed by atoms with Gasteiger partial charge in [0.25, 0.3) is 0 Å². The first-order valence-electron chi connectivity index (χ1n) is 6.75. The first-order valence-corrected chi connectivity index (χ1v) is 7.83. The summed E-state index contributed by atoms with van der Waals surface area (Å²) >= 11 is 2.20. The lowest BCUT2D eigenvalue weighted by molar-refractivity contribution is -0.497. The minimum atomic E-state index is -0.686. The van der Waals surface area contributed by atoms with Crippen LogP contribution in [0, 0.1) is 19.6 Å². The quantitative estimate of drug-likeness (QED) is 0.428. The van der Waals surface area contributed by atoms with Crippen LogP contribution in [0.1, 0.15) is 26.2 Å². The fourth-order valence-electron chi connectivity index (χ4n) is 2.21. The summed E-state index contributed by atoms with van der Waals surface area (Å²) in [6.45, 7) is 2.69. The molecular weight excluding hydrogens is 371 g/mol. The van der Waals surface area contributed by atoms with Crippen molar-refractivity contribution in [2.24, 2.45) is 5.92 Å². The molecule has 1 aliphatic carbocycles. The fraction of sp³-hybridized carbons (Fsp3) is 0.500. The van der Waals surface area contributed by atoms with Crippen LogP contribution < -0.4 is 4.90 Å². The molecule has 2 atom stereocenters. The minimum Gasteiger partial charge on any atom is -0.312 e. The third kappa shape index (κ3) is 3.47. The van der Waals surface area contributed by atoms with E-state index in [1.165, 1.54) is 0 Å². The number of nitro groups is 1. The second kappa shape index (κ2) is 6.51. The van der Waals surface area contributed by atoms with Crippen molar-refractivity contribution in [2.45, 2.75) is 32.2 Å². The third-order valence-electron chi connectivity index (χ3n) is 3.47. The summed E-state index contributed by atoms with van der Waals surface area (Å²) in [4.78, 5) is 24.6. The summed E-state index contributed by atoms with van der Waals surface area (Å²) in [6.07, 6.45) is 2.25. The normalized spacial score (nSPS) is 20.5. The molecule has 1 amide bonds. The highest BCUT2D eigenvalue weighted by molar-refractivity contribution is 14.1. The Balaban J connectivity index is 2.15. The maximum Gasteiger partial charge on any atom is 0.237 e. The predicted molar refractivity (Wildman–Crippen MR) is 85.3 cm³/mol. The molecule has 0 aromatic heterocycles. The Morgan fingerprint density at radius 2 is 2.30 bits per heavy atom. The highest BCUT2D eigenvalue weighted by Crippen LogP contribution is 2.36. The number of carbonyl (C=O) groups excluding carboxylic acids is 1. The van der Waals surface area contributed by atoms with Gasteiger partial charge in [-0.1, -0.05) is 19.4 Å². The maximum atomic E-state index is 12.5. The van der Waals surface area contributed by atoms with Crippen LogP contribution in [0.5, 0.6) is 0 Å². The van der Waals surface area contributed by atoms with E-state index in [1.54, 1.807) is 4.90 Å². The van der Waals surface area contributed by atoms with Crippen molar-refractivity contribution in [2.75, 3.05) is 11.4 Å². The highest BCUT2D eigenvalue weighted by atomic mass is 127. The lowest BCUT2D eigenvalue weighted by atomic mass is 10.2. The van der Waals surface area contributed by atoms with E-state index in [1.807, 2.05) is 24.3 Å². The summed E-state index contributed by atoms with van der Waals surface area (Å²) < 4.78 is 1.05. The second-order valence-corrected chi connectivity index (χ2v) is 6.26. The Morgan fingerprint density at radius 1 is 1.55 bits per heavy atom. The molecule has 6 heteroatoms. The van der Waals surface area contributed by atoms with Gasteiger partial charge in [-0.25, -0.2) is 0 Å². The molecule has 0 N–H and O–H groups in total. The molecule has 0 saturated heterocycles. The van der Waals surface area contributed by atoms with Crippen LogP contribution in [0.3, 0.4) is 0 Å². The van der Waals surface area contributed by atoms with Gasteiger partial charge >= 0.3 is 0 Å². The molecule has 0 unspecified atom stereocenters. The molecule has 0 aliphatic heterocycles. The van der Waals surface area contributed by atoms with E-state index in [2.05, 4.69) is 29.5 Å². The summed E-state index contributed by atoms with van der Waals surface area (Å²) in [5.74, 6) is -0.554. The van der Waals surface area contributed by atoms with E-state index in [0.29, 0.717) is 13.0 Å². The second-order valence-electron chi connectivity index (χ2n) is 5.02. The van der Waals surface area contributed by atoms with Gasteiger partial charge in [-0.2, -0.15) is 0 Å². The number of benzene rings is 1. The number of hydrogen-bond acceptors (Lipinski definition) is 3. The fourth-order valence-corrected chi connectivity index (χ4v) is 2.73. The topological polar surface area (TPSA) is 63.5 Å². The zero-order valence-electron chi connectivity index (χ0n) is 11.3. The summed E-state index contributed by atoms with van der Waals surface area (Å²) in [5.41, 5.74) is 0.837. The number of hydrogen-bond donors (Lipinski definition) is 0. The van der Waals surface area contributed by atoms with Crippen molar-refractivity contribution in [1.82, 2.24) is 0 Å². The summed E-state index contributed by atoms with van der Waals surface area (Å²) in [6, 6.07) is 7.01. The Hall–Kier alpha value is -1.18. The molecule has 108 valence electrons. The molecule has 1 fully saturated rings. The summed E-state index contributed by atoms with van der Waals surface area (Å²) in [5, 5.41) is 10.7. The predicted octanol–water partition coefficient (Wildman–Crippen LogP) is 3.09. The highest BCUT2D eigenvalue weighted by Gasteiger charge is 2.54. The van der Waals surface area contributed by atoms with Gasteiger partial charge in [-0.3, -0.25) is 14.9 Å². The number of nitrogens with zero attached hydrogens (tertiary/aromatic N) is 2. The van der Waals surface area contributed by atoms with E-state index in [-0.39, 0.29) is 10.8 Å². The molecule has 1 aromatic carbocycles. The van der Waals surface area contributed by atoms with Gasteiger partial charge in [0.1, 0.15) is 5.92 Å². The third-order valence-corrected chi connectivity index (χ3v) is 4.14. The standard InChI is InChI=1S/C14H17IN2O3/c1-2-3-7-16(11-6-4-5-10(15)8-11)14(18)12-9-13(12)17(19)20/h4-6,8,12-13H,2-3,7,9H2,1H3/t12-,13+/m1/s1. The molecule has 0 heterocycles. The molecule has 1 aromatic rings. The van der Waals surface area contributed by atoms with Gasteiger partial charge in [0.2, 0.25) is 11.9 Å². The van der Waals surface area contributed by atoms with Crippen LogP contribution in [-0.2, 0) is 4.79 Å². The average Bonchev–Trinajstić information content (AvgIpc) is 3.19. The van der Waals surface area contributed by atoms with Gasteiger partial charge < -0.3 is 4.90 Å². The number of unbranched alkanes of at least 4 members (excludes halogenated alkanes) is 1. The van der Waals surface area contributed by atoms with Crippen LogP contribution in [0.2, 0.25) is 0 Å². The lowest BCUT2D eigenvalue weighted by Gasteiger charge is -2.22. The Morgan fingerprint density at radius 3 is 2.85 bits per heavy atom. The summed E-state index contributed by atoms with van der Waals surface area (Å²) in [7, 11) is 0. The largest absolute Gasteiger partial charge is 0.312 e. The van der Waals surface area contributed by atoms with Crippen molar-refractivity contribution in [3.05, 3.63) is 37.9 Å². The van der Waals surface area contributed by atoms with Gasteiger partial charge in [0.15, 0.2) is 0 Å². The number of halogens is 1. The molecular formula is C14H17IN2O3. The monoisotopic (exact) mass is 388 g/mol. The van der Waals surface area contributed by atoms with Crippen LogP contribution in [0.4, 0.5) is 5.69 Å². The van der Waals surface area contributed by atoms with Gasteiger partial charge in [0.05, 0.1) is 0 Å². The molecule has 1 aliphatic rings. The molecule has 0 bridgehead atoms. The first kappa shape index (κ1) is 15.2. The Bertz CT molecular complexity index is 521. The number of carbonyl (C=O) groups is 1. The molecule has 5 nitrogen and oxygen atoms in total. The number of rotatable bonds is 6. The maximum absolute atomic E-state index is 12.5. The van der Waals surface area contributed by atoms with E-state index >= 15 is 0 Å². The SMILES string of the molecule is CCCCN(C(=O)[C@@H]1C[C@@H]1[N+](=O)[O-])c1cccc(I)c1. The van der Waals surface area contributed by atoms with Crippen molar-refractivity contribution in [1.29, 1.82) is 0 Å². The van der Waals surface area contributed by atoms with E-state index < -0.39 is 12.0 Å². The van der Waals surface area contributed by atoms with Crippen molar-refractivity contribution >= 4 is 34.2 Å². The number of anilines is 1. The first-order chi connectivity index (χ1) is 9.54. The van der Waals surface area contributed by atoms with Gasteiger partial charge in [-0.05, 0) is 47.2 Å². The van der Waals surface area contributed by atoms with E-state index in [0.717, 1.165) is 22.1 Å². The van der Waals surface area contributed by atoms with Crippen molar-refractivity contribution in [3.63, 3.8) is 0 Å². The van der Waals surface area contributed by atoms with Crippen LogP contribution in [-0.4, -0.2) is 23.4 Å². The minimum absolute atomic E-state index is 0.109. The van der Waals surface area contributed by atoms with Crippen LogP contribution >= 0.6 is 22.6 Å². The Kier molecular flexibility index (Phi) is 4.95. The Labute approximate surface area is 131 Å². The van der Waals surface area contributed by atoms with Gasteiger partial charge in [0, 0.05) is 27.1 Å². The van der Waals surface area contributed by atoms with Crippen LogP contribution in [0.15, 0.2) is 24.3 Å². The molecule has 20 heavy (non-hydrogen) atoms. The van der Waals surface area contributed by atoms with Crippen LogP contribution in [0.25, 0.3) is 0 Å². The van der Waals surface area contributed by atoms with E-state index in [9.17, 15) is 14.9 Å². The average molecular weight is 388 g/mol. The lowest BCUT2D eigenvalue weighted by Crippen LogP contribution is -2.34. The zero-order chi connectivity index (χ0) is 14.7. The van der Waals surface area contributed by atoms with E-state index in [4.69, 9.17) is 0 Å².